The summed E-state index contributed by atoms with van der Waals surface area (Å²) in [4.78, 5) is 12.9. The van der Waals surface area contributed by atoms with Crippen LogP contribution in [0, 0.1) is 0 Å². The van der Waals surface area contributed by atoms with E-state index in [1.165, 1.54) is 0 Å². The summed E-state index contributed by atoms with van der Waals surface area (Å²) in [5.41, 5.74) is 4.32. The summed E-state index contributed by atoms with van der Waals surface area (Å²) < 4.78 is 24.7. The number of halogens is 3. The van der Waals surface area contributed by atoms with Gasteiger partial charge in [-0.3, -0.25) is 4.79 Å². The van der Waals surface area contributed by atoms with Crippen LogP contribution >= 0.6 is 11.6 Å². The molecule has 72 valence electrons. The SMILES string of the molecule is NCc1cc(=O)[nH]c(Cl)c1C(F)F. The molecule has 0 bridgehead atoms. The van der Waals surface area contributed by atoms with Crippen LogP contribution in [0.1, 0.15) is 17.6 Å². The van der Waals surface area contributed by atoms with Crippen LogP contribution in [0.4, 0.5) is 8.78 Å². The minimum absolute atomic E-state index is 0.0729. The third-order valence-corrected chi connectivity index (χ3v) is 1.86. The highest BCUT2D eigenvalue weighted by Crippen LogP contribution is 2.27. The van der Waals surface area contributed by atoms with E-state index in [1.807, 2.05) is 0 Å². The van der Waals surface area contributed by atoms with Gasteiger partial charge >= 0.3 is 0 Å². The Hall–Kier alpha value is -0.940. The van der Waals surface area contributed by atoms with Gasteiger partial charge in [0, 0.05) is 12.6 Å². The first kappa shape index (κ1) is 10.1. The number of rotatable bonds is 2. The summed E-state index contributed by atoms with van der Waals surface area (Å²) in [6.07, 6.45) is -2.73. The minimum atomic E-state index is -2.73. The molecule has 0 aromatic carbocycles. The lowest BCUT2D eigenvalue weighted by atomic mass is 10.1. The Bertz CT molecular complexity index is 364. The van der Waals surface area contributed by atoms with Gasteiger partial charge in [0.05, 0.1) is 5.56 Å². The number of hydrogen-bond acceptors (Lipinski definition) is 2. The molecule has 0 unspecified atom stereocenters. The van der Waals surface area contributed by atoms with Crippen molar-refractivity contribution in [2.75, 3.05) is 0 Å². The monoisotopic (exact) mass is 208 g/mol. The highest BCUT2D eigenvalue weighted by atomic mass is 35.5. The Morgan fingerprint density at radius 1 is 1.62 bits per heavy atom. The first-order valence-electron chi connectivity index (χ1n) is 3.46. The Morgan fingerprint density at radius 2 is 2.23 bits per heavy atom. The van der Waals surface area contributed by atoms with Gasteiger partial charge in [-0.15, -0.1) is 0 Å². The van der Waals surface area contributed by atoms with E-state index in [2.05, 4.69) is 4.98 Å². The van der Waals surface area contributed by atoms with Gasteiger partial charge in [-0.05, 0) is 5.56 Å². The molecule has 6 heteroatoms. The van der Waals surface area contributed by atoms with Gasteiger partial charge in [-0.2, -0.15) is 0 Å². The first-order chi connectivity index (χ1) is 6.06. The van der Waals surface area contributed by atoms with E-state index in [0.29, 0.717) is 0 Å². The summed E-state index contributed by atoms with van der Waals surface area (Å²) in [6, 6.07) is 1.02. The fourth-order valence-electron chi connectivity index (χ4n) is 0.993. The lowest BCUT2D eigenvalue weighted by Crippen LogP contribution is -2.13. The smallest absolute Gasteiger partial charge is 0.267 e. The van der Waals surface area contributed by atoms with Crippen LogP contribution in [0.15, 0.2) is 10.9 Å². The Labute approximate surface area is 77.5 Å². The van der Waals surface area contributed by atoms with Crippen molar-refractivity contribution in [3.8, 4) is 0 Å². The number of pyridine rings is 1. The zero-order valence-electron chi connectivity index (χ0n) is 6.48. The molecule has 3 N–H and O–H groups in total. The molecule has 0 saturated carbocycles. The molecule has 13 heavy (non-hydrogen) atoms. The van der Waals surface area contributed by atoms with Gasteiger partial charge in [-0.25, -0.2) is 8.78 Å². The van der Waals surface area contributed by atoms with E-state index in [4.69, 9.17) is 17.3 Å². The van der Waals surface area contributed by atoms with Crippen molar-refractivity contribution in [1.29, 1.82) is 0 Å². The van der Waals surface area contributed by atoms with Crippen molar-refractivity contribution in [3.63, 3.8) is 0 Å². The lowest BCUT2D eigenvalue weighted by molar-refractivity contribution is 0.150. The van der Waals surface area contributed by atoms with E-state index >= 15 is 0 Å². The van der Waals surface area contributed by atoms with Crippen molar-refractivity contribution >= 4 is 11.6 Å². The molecule has 0 aliphatic rings. The zero-order valence-corrected chi connectivity index (χ0v) is 7.24. The number of aromatic nitrogens is 1. The number of alkyl halides is 2. The molecular weight excluding hydrogens is 202 g/mol. The topological polar surface area (TPSA) is 58.9 Å². The molecule has 0 radical (unpaired) electrons. The van der Waals surface area contributed by atoms with Gasteiger partial charge in [0.2, 0.25) is 5.56 Å². The maximum atomic E-state index is 12.3. The molecule has 1 rings (SSSR count). The first-order valence-corrected chi connectivity index (χ1v) is 3.84. The molecule has 0 spiro atoms. The summed E-state index contributed by atoms with van der Waals surface area (Å²) in [7, 11) is 0. The molecule has 1 heterocycles. The molecule has 0 saturated heterocycles. The second kappa shape index (κ2) is 3.85. The van der Waals surface area contributed by atoms with E-state index < -0.39 is 17.5 Å². The van der Waals surface area contributed by atoms with Crippen LogP contribution in [-0.4, -0.2) is 4.98 Å². The maximum absolute atomic E-state index is 12.3. The van der Waals surface area contributed by atoms with Crippen LogP contribution in [0.2, 0.25) is 5.15 Å². The molecule has 3 nitrogen and oxygen atoms in total. The Kier molecular flexibility index (Phi) is 3.00. The van der Waals surface area contributed by atoms with Crippen molar-refractivity contribution in [2.45, 2.75) is 13.0 Å². The number of nitrogens with one attached hydrogen (secondary N) is 1. The predicted molar refractivity (Wildman–Crippen MR) is 44.9 cm³/mol. The standard InChI is InChI=1S/C7H7ClF2N2O/c8-6-5(7(9)10)3(2-11)1-4(13)12-6/h1,7H,2,11H2,(H,12,13). The summed E-state index contributed by atoms with van der Waals surface area (Å²) in [6.45, 7) is -0.136. The maximum Gasteiger partial charge on any atom is 0.267 e. The quantitative estimate of drug-likeness (QED) is 0.723. The summed E-state index contributed by atoms with van der Waals surface area (Å²) >= 11 is 5.42. The number of nitrogens with two attached hydrogens (primary N) is 1. The van der Waals surface area contributed by atoms with Crippen LogP contribution < -0.4 is 11.3 Å². The van der Waals surface area contributed by atoms with Crippen LogP contribution in [0.3, 0.4) is 0 Å². The van der Waals surface area contributed by atoms with E-state index in [0.717, 1.165) is 6.07 Å². The molecule has 0 aliphatic carbocycles. The second-order valence-corrected chi connectivity index (χ2v) is 2.77. The summed E-state index contributed by atoms with van der Waals surface area (Å²) in [5, 5.41) is -0.344. The van der Waals surface area contributed by atoms with E-state index in [-0.39, 0.29) is 17.3 Å². The van der Waals surface area contributed by atoms with Crippen LogP contribution in [0.5, 0.6) is 0 Å². The van der Waals surface area contributed by atoms with Crippen LogP contribution in [0.25, 0.3) is 0 Å². The van der Waals surface area contributed by atoms with Gasteiger partial charge in [-0.1, -0.05) is 11.6 Å². The van der Waals surface area contributed by atoms with Gasteiger partial charge in [0.1, 0.15) is 5.15 Å². The molecule has 0 atom stereocenters. The zero-order chi connectivity index (χ0) is 10.0. The third-order valence-electron chi connectivity index (χ3n) is 1.56. The Balaban J connectivity index is 3.38. The molecule has 0 amide bonds. The third kappa shape index (κ3) is 2.05. The Morgan fingerprint density at radius 3 is 2.69 bits per heavy atom. The van der Waals surface area contributed by atoms with Crippen molar-refractivity contribution in [2.24, 2.45) is 5.73 Å². The van der Waals surface area contributed by atoms with Gasteiger partial charge in [0.15, 0.2) is 0 Å². The number of aromatic amines is 1. The van der Waals surface area contributed by atoms with E-state index in [9.17, 15) is 13.6 Å². The van der Waals surface area contributed by atoms with Crippen molar-refractivity contribution in [3.05, 3.63) is 32.7 Å². The minimum Gasteiger partial charge on any atom is -0.326 e. The molecule has 0 aliphatic heterocycles. The number of hydrogen-bond donors (Lipinski definition) is 2. The van der Waals surface area contributed by atoms with Crippen molar-refractivity contribution in [1.82, 2.24) is 4.98 Å². The van der Waals surface area contributed by atoms with Crippen LogP contribution in [-0.2, 0) is 6.54 Å². The average molecular weight is 209 g/mol. The normalized spacial score (nSPS) is 10.8. The second-order valence-electron chi connectivity index (χ2n) is 2.39. The highest BCUT2D eigenvalue weighted by molar-refractivity contribution is 6.30. The fourth-order valence-corrected chi connectivity index (χ4v) is 1.29. The molecular formula is C7H7ClF2N2O. The van der Waals surface area contributed by atoms with Gasteiger partial charge in [0.25, 0.3) is 6.43 Å². The van der Waals surface area contributed by atoms with Gasteiger partial charge < -0.3 is 10.7 Å². The van der Waals surface area contributed by atoms with E-state index in [1.54, 1.807) is 0 Å². The van der Waals surface area contributed by atoms with Crippen molar-refractivity contribution < 1.29 is 8.78 Å². The summed E-state index contributed by atoms with van der Waals surface area (Å²) in [5.74, 6) is 0. The molecule has 1 aromatic rings. The highest BCUT2D eigenvalue weighted by Gasteiger charge is 2.17. The largest absolute Gasteiger partial charge is 0.326 e. The lowest BCUT2D eigenvalue weighted by Gasteiger charge is -2.07. The molecule has 0 fully saturated rings. The molecule has 1 aromatic heterocycles. The average Bonchev–Trinajstić information content (AvgIpc) is 2.01. The number of H-pyrrole nitrogens is 1. The fraction of sp³-hybridized carbons (Fsp3) is 0.286. The predicted octanol–water partition coefficient (Wildman–Crippen LogP) is 1.42.